The van der Waals surface area contributed by atoms with Crippen molar-refractivity contribution in [1.29, 1.82) is 0 Å². The Morgan fingerprint density at radius 1 is 1.00 bits per heavy atom. The number of hydrogen-bond donors (Lipinski definition) is 1. The van der Waals surface area contributed by atoms with Crippen LogP contribution in [0, 0.1) is 0 Å². The van der Waals surface area contributed by atoms with Crippen LogP contribution < -0.4 is 0 Å². The third-order valence-corrected chi connectivity index (χ3v) is 6.62. The Morgan fingerprint density at radius 2 is 1.54 bits per heavy atom. The summed E-state index contributed by atoms with van der Waals surface area (Å²) in [6.45, 7) is 6.62. The summed E-state index contributed by atoms with van der Waals surface area (Å²) in [6, 6.07) is 26.4. The van der Waals surface area contributed by atoms with E-state index in [1.54, 1.807) is 13.8 Å². The lowest BCUT2D eigenvalue weighted by atomic mass is 9.89. The van der Waals surface area contributed by atoms with E-state index in [-0.39, 0.29) is 6.61 Å². The van der Waals surface area contributed by atoms with Crippen molar-refractivity contribution < 1.29 is 24.2 Å². The number of carbonyl (C=O) groups excluding carboxylic acids is 2. The Balaban J connectivity index is 1.57. The number of ether oxygens (including phenoxy) is 2. The van der Waals surface area contributed by atoms with Crippen LogP contribution >= 0.6 is 0 Å². The zero-order chi connectivity index (χ0) is 25.2. The molecule has 0 aromatic heterocycles. The molecule has 1 heterocycles. The molecular weight excluding hydrogens is 442 g/mol. The predicted octanol–water partition coefficient (Wildman–Crippen LogP) is 5.51. The van der Waals surface area contributed by atoms with Gasteiger partial charge in [-0.05, 0) is 49.9 Å². The summed E-state index contributed by atoms with van der Waals surface area (Å²) >= 11 is 0. The fraction of sp³-hybridized carbons (Fsp3) is 0.310. The molecular formula is C29H31NO5. The second-order valence-electron chi connectivity index (χ2n) is 9.59. The number of carbonyl (C=O) groups is 2. The van der Waals surface area contributed by atoms with Gasteiger partial charge < -0.3 is 14.6 Å². The summed E-state index contributed by atoms with van der Waals surface area (Å²) in [4.78, 5) is 27.8. The third kappa shape index (κ3) is 4.85. The third-order valence-electron chi connectivity index (χ3n) is 6.62. The highest BCUT2D eigenvalue weighted by Crippen LogP contribution is 2.43. The molecule has 0 aliphatic carbocycles. The van der Waals surface area contributed by atoms with Gasteiger partial charge in [-0.2, -0.15) is 0 Å². The molecule has 3 atom stereocenters. The van der Waals surface area contributed by atoms with Gasteiger partial charge in [0.25, 0.3) is 5.91 Å². The number of aliphatic hydroxyl groups excluding tert-OH is 1. The molecule has 182 valence electrons. The Bertz CT molecular complexity index is 1170. The normalized spacial score (nSPS) is 19.6. The van der Waals surface area contributed by atoms with E-state index in [0.29, 0.717) is 0 Å². The van der Waals surface area contributed by atoms with E-state index < -0.39 is 35.3 Å². The zero-order valence-corrected chi connectivity index (χ0v) is 20.5. The second kappa shape index (κ2) is 9.64. The lowest BCUT2D eigenvalue weighted by Gasteiger charge is -2.36. The van der Waals surface area contributed by atoms with Gasteiger partial charge in [-0.3, -0.25) is 4.79 Å². The van der Waals surface area contributed by atoms with Gasteiger partial charge in [0.05, 0.1) is 12.7 Å². The topological polar surface area (TPSA) is 76.1 Å². The van der Waals surface area contributed by atoms with Crippen LogP contribution in [-0.4, -0.2) is 39.3 Å². The summed E-state index contributed by atoms with van der Waals surface area (Å²) in [5.41, 5.74) is 1.17. The van der Waals surface area contributed by atoms with Crippen molar-refractivity contribution in [1.82, 2.24) is 4.90 Å². The zero-order valence-electron chi connectivity index (χ0n) is 20.5. The maximum atomic E-state index is 13.8. The summed E-state index contributed by atoms with van der Waals surface area (Å²) in [6.07, 6.45) is -1.93. The summed E-state index contributed by atoms with van der Waals surface area (Å²) in [5, 5.41) is 10.6. The van der Waals surface area contributed by atoms with E-state index in [4.69, 9.17) is 9.47 Å². The largest absolute Gasteiger partial charge is 0.440 e. The Kier molecular flexibility index (Phi) is 6.79. The van der Waals surface area contributed by atoms with Gasteiger partial charge in [0.1, 0.15) is 11.6 Å². The Hall–Kier alpha value is -3.48. The highest BCUT2D eigenvalue weighted by Gasteiger charge is 2.56. The van der Waals surface area contributed by atoms with Crippen LogP contribution in [0.4, 0.5) is 4.79 Å². The highest BCUT2D eigenvalue weighted by atomic mass is 16.6. The number of cyclic esters (lactones) is 1. The molecule has 1 aliphatic rings. The summed E-state index contributed by atoms with van der Waals surface area (Å²) in [5.74, 6) is -0.641. The van der Waals surface area contributed by atoms with Crippen molar-refractivity contribution in [3.8, 4) is 11.1 Å². The van der Waals surface area contributed by atoms with Gasteiger partial charge in [0.15, 0.2) is 5.60 Å². The molecule has 3 aromatic rings. The molecule has 0 radical (unpaired) electrons. The van der Waals surface area contributed by atoms with E-state index in [1.165, 1.54) is 13.8 Å². The van der Waals surface area contributed by atoms with Gasteiger partial charge in [0, 0.05) is 0 Å². The minimum atomic E-state index is -1.66. The molecule has 6 nitrogen and oxygen atoms in total. The van der Waals surface area contributed by atoms with E-state index in [0.717, 1.165) is 27.2 Å². The maximum Gasteiger partial charge on any atom is 0.417 e. The molecule has 0 bridgehead atoms. The van der Waals surface area contributed by atoms with Gasteiger partial charge >= 0.3 is 6.09 Å². The van der Waals surface area contributed by atoms with Crippen LogP contribution in [0.25, 0.3) is 11.1 Å². The first-order valence-electron chi connectivity index (χ1n) is 11.7. The van der Waals surface area contributed by atoms with Crippen LogP contribution in [0.2, 0.25) is 0 Å². The first kappa shape index (κ1) is 24.6. The fourth-order valence-electron chi connectivity index (χ4n) is 4.39. The van der Waals surface area contributed by atoms with Crippen LogP contribution in [0.5, 0.6) is 0 Å². The quantitative estimate of drug-likeness (QED) is 0.490. The number of rotatable bonds is 7. The summed E-state index contributed by atoms with van der Waals surface area (Å²) in [7, 11) is 0. The number of hydrogen-bond acceptors (Lipinski definition) is 5. The first-order valence-corrected chi connectivity index (χ1v) is 11.7. The lowest BCUT2D eigenvalue weighted by Crippen LogP contribution is -2.56. The van der Waals surface area contributed by atoms with Gasteiger partial charge in [0.2, 0.25) is 0 Å². The van der Waals surface area contributed by atoms with Crippen LogP contribution in [-0.2, 0) is 20.9 Å². The molecule has 1 saturated heterocycles. The number of amides is 2. The number of nitrogens with zero attached hydrogens (tertiary/aromatic N) is 1. The van der Waals surface area contributed by atoms with Gasteiger partial charge in [-0.25, -0.2) is 9.69 Å². The number of imide groups is 1. The Morgan fingerprint density at radius 3 is 2.11 bits per heavy atom. The van der Waals surface area contributed by atoms with Crippen molar-refractivity contribution in [3.63, 3.8) is 0 Å². The molecule has 2 amide bonds. The van der Waals surface area contributed by atoms with Gasteiger partial charge in [-0.15, -0.1) is 0 Å². The highest BCUT2D eigenvalue weighted by molar-refractivity contribution is 5.99. The lowest BCUT2D eigenvalue weighted by molar-refractivity contribution is -0.171. The van der Waals surface area contributed by atoms with Crippen LogP contribution in [0.15, 0.2) is 84.9 Å². The average Bonchev–Trinajstić information content (AvgIpc) is 3.11. The standard InChI is InChI=1S/C29H31NO5/c1-20(31)29(4,34-19-21-15-17-23(18-16-21)22-11-7-5-8-12-22)26(32)30-25(24-13-9-6-10-14-24)28(2,3)35-27(30)33/h5-18,20,25,31H,19H2,1-4H3/t20-,25+,29+/m1/s1. The first-order chi connectivity index (χ1) is 16.6. The van der Waals surface area contributed by atoms with Crippen molar-refractivity contribution in [3.05, 3.63) is 96.1 Å². The van der Waals surface area contributed by atoms with E-state index >= 15 is 0 Å². The van der Waals surface area contributed by atoms with E-state index in [9.17, 15) is 14.7 Å². The molecule has 0 saturated carbocycles. The fourth-order valence-corrected chi connectivity index (χ4v) is 4.39. The minimum Gasteiger partial charge on any atom is -0.440 e. The number of aliphatic hydroxyl groups is 1. The van der Waals surface area contributed by atoms with Crippen molar-refractivity contribution in [2.75, 3.05) is 0 Å². The molecule has 35 heavy (non-hydrogen) atoms. The minimum absolute atomic E-state index is 0.0878. The molecule has 6 heteroatoms. The molecule has 1 fully saturated rings. The van der Waals surface area contributed by atoms with E-state index in [2.05, 4.69) is 0 Å². The van der Waals surface area contributed by atoms with Crippen molar-refractivity contribution in [2.45, 2.75) is 57.6 Å². The molecule has 0 spiro atoms. The van der Waals surface area contributed by atoms with Gasteiger partial charge in [-0.1, -0.05) is 84.9 Å². The van der Waals surface area contributed by atoms with Crippen molar-refractivity contribution >= 4 is 12.0 Å². The summed E-state index contributed by atoms with van der Waals surface area (Å²) < 4.78 is 11.6. The van der Waals surface area contributed by atoms with Crippen molar-refractivity contribution in [2.24, 2.45) is 0 Å². The Labute approximate surface area is 206 Å². The average molecular weight is 474 g/mol. The molecule has 1 aliphatic heterocycles. The second-order valence-corrected chi connectivity index (χ2v) is 9.59. The number of benzene rings is 3. The van der Waals surface area contributed by atoms with Crippen LogP contribution in [0.1, 0.15) is 44.9 Å². The smallest absolute Gasteiger partial charge is 0.417 e. The SMILES string of the molecule is C[C@@H](O)[C@](C)(OCc1ccc(-c2ccccc2)cc1)C(=O)N1C(=O)OC(C)(C)[C@@H]1c1ccccc1. The predicted molar refractivity (Wildman–Crippen MR) is 133 cm³/mol. The molecule has 1 N–H and O–H groups in total. The monoisotopic (exact) mass is 473 g/mol. The molecule has 0 unspecified atom stereocenters. The van der Waals surface area contributed by atoms with Crippen LogP contribution in [0.3, 0.4) is 0 Å². The molecule has 3 aromatic carbocycles. The van der Waals surface area contributed by atoms with E-state index in [1.807, 2.05) is 84.9 Å². The maximum absolute atomic E-state index is 13.8. The molecule has 4 rings (SSSR count).